The summed E-state index contributed by atoms with van der Waals surface area (Å²) < 4.78 is 20.6. The van der Waals surface area contributed by atoms with Crippen molar-refractivity contribution < 1.29 is 18.7 Å². The summed E-state index contributed by atoms with van der Waals surface area (Å²) in [5.41, 5.74) is -0.635. The normalized spacial score (nSPS) is 12.6. The second kappa shape index (κ2) is 7.13. The molecule has 2 aromatic rings. The van der Waals surface area contributed by atoms with E-state index in [1.54, 1.807) is 0 Å². The molecule has 0 radical (unpaired) electrons. The summed E-state index contributed by atoms with van der Waals surface area (Å²) in [5, 5.41) is 8.94. The van der Waals surface area contributed by atoms with Crippen molar-refractivity contribution in [1.82, 2.24) is 4.98 Å². The molecule has 2 N–H and O–H groups in total. The summed E-state index contributed by atoms with van der Waals surface area (Å²) in [6.07, 6.45) is 1.30. The summed E-state index contributed by atoms with van der Waals surface area (Å²) in [4.78, 5) is 26.2. The number of carboxylic acids is 1. The zero-order chi connectivity index (χ0) is 19.9. The van der Waals surface area contributed by atoms with Crippen molar-refractivity contribution in [1.29, 1.82) is 0 Å². The molecule has 0 spiro atoms. The zero-order valence-electron chi connectivity index (χ0n) is 15.5. The Balaban J connectivity index is 2.44. The van der Waals surface area contributed by atoms with Gasteiger partial charge in [-0.2, -0.15) is 0 Å². The molecule has 0 aliphatic heterocycles. The molecule has 2 rings (SSSR count). The lowest BCUT2D eigenvalue weighted by Crippen LogP contribution is -2.41. The quantitative estimate of drug-likeness (QED) is 0.721. The van der Waals surface area contributed by atoms with Crippen LogP contribution in [0.25, 0.3) is 10.9 Å². The standard InChI is InChI=1S/C18H23ClFNO4Si/c1-18(2,3)26(4,5)25-7-6-10-14(20)13(19)8-11-15(10)21-9-12(16(11)22)17(23)24/h8-9H,6-7H2,1-5H3,(H,21,22)(H,23,24). The number of nitrogens with one attached hydrogen (secondary N) is 1. The average Bonchev–Trinajstić information content (AvgIpc) is 2.50. The molecule has 8 heteroatoms. The van der Waals surface area contributed by atoms with Gasteiger partial charge >= 0.3 is 5.97 Å². The Hall–Kier alpha value is -1.70. The summed E-state index contributed by atoms with van der Waals surface area (Å²) in [6.45, 7) is 10.8. The van der Waals surface area contributed by atoms with Gasteiger partial charge < -0.3 is 14.5 Å². The molecule has 142 valence electrons. The number of carboxylic acid groups (broad SMARTS) is 1. The zero-order valence-corrected chi connectivity index (χ0v) is 17.3. The van der Waals surface area contributed by atoms with Gasteiger partial charge in [0.25, 0.3) is 0 Å². The van der Waals surface area contributed by atoms with Crippen LogP contribution in [0.1, 0.15) is 36.7 Å². The third-order valence-electron chi connectivity index (χ3n) is 5.02. The highest BCUT2D eigenvalue weighted by molar-refractivity contribution is 6.74. The SMILES string of the molecule is CC(C)(C)[Si](C)(C)OCCc1c(F)c(Cl)cc2c(=O)c(C(=O)O)c[nH]c12. The van der Waals surface area contributed by atoms with E-state index in [9.17, 15) is 14.0 Å². The van der Waals surface area contributed by atoms with Gasteiger partial charge in [0.1, 0.15) is 11.4 Å². The molecule has 26 heavy (non-hydrogen) atoms. The minimum absolute atomic E-state index is 0.0205. The number of fused-ring (bicyclic) bond motifs is 1. The van der Waals surface area contributed by atoms with E-state index >= 15 is 0 Å². The second-order valence-electron chi connectivity index (χ2n) is 7.77. The van der Waals surface area contributed by atoms with Gasteiger partial charge in [-0.05, 0) is 30.6 Å². The molecule has 1 aromatic carbocycles. The number of rotatable bonds is 5. The number of H-pyrrole nitrogens is 1. The van der Waals surface area contributed by atoms with Crippen molar-refractivity contribution in [2.75, 3.05) is 6.61 Å². The number of hydrogen-bond acceptors (Lipinski definition) is 3. The Morgan fingerprint density at radius 2 is 2.00 bits per heavy atom. The molecular formula is C18H23ClFNO4Si. The molecule has 1 aromatic heterocycles. The fraction of sp³-hybridized carbons (Fsp3) is 0.444. The molecule has 0 saturated heterocycles. The molecule has 0 bridgehead atoms. The van der Waals surface area contributed by atoms with Crippen molar-refractivity contribution in [3.05, 3.63) is 44.5 Å². The van der Waals surface area contributed by atoms with E-state index in [1.165, 1.54) is 0 Å². The third-order valence-corrected chi connectivity index (χ3v) is 9.83. The van der Waals surface area contributed by atoms with Crippen LogP contribution in [0.15, 0.2) is 17.1 Å². The highest BCUT2D eigenvalue weighted by Crippen LogP contribution is 2.36. The summed E-state index contributed by atoms with van der Waals surface area (Å²) in [5.74, 6) is -1.98. The Morgan fingerprint density at radius 1 is 1.38 bits per heavy atom. The van der Waals surface area contributed by atoms with Gasteiger partial charge in [-0.3, -0.25) is 4.79 Å². The number of aromatic amines is 1. The molecule has 0 saturated carbocycles. The maximum absolute atomic E-state index is 14.6. The van der Waals surface area contributed by atoms with Crippen LogP contribution >= 0.6 is 11.6 Å². The maximum Gasteiger partial charge on any atom is 0.341 e. The predicted molar refractivity (Wildman–Crippen MR) is 103 cm³/mol. The van der Waals surface area contributed by atoms with Gasteiger partial charge in [0.15, 0.2) is 8.32 Å². The number of aromatic nitrogens is 1. The van der Waals surface area contributed by atoms with Crippen LogP contribution in [0.2, 0.25) is 23.2 Å². The highest BCUT2D eigenvalue weighted by Gasteiger charge is 2.37. The van der Waals surface area contributed by atoms with Crippen LogP contribution in [0.5, 0.6) is 0 Å². The number of halogens is 2. The molecule has 0 amide bonds. The first-order chi connectivity index (χ1) is 11.9. The number of aromatic carboxylic acids is 1. The van der Waals surface area contributed by atoms with Crippen LogP contribution in [0.4, 0.5) is 4.39 Å². The van der Waals surface area contributed by atoms with Crippen molar-refractivity contribution in [2.45, 2.75) is 45.3 Å². The first-order valence-corrected chi connectivity index (χ1v) is 11.5. The minimum Gasteiger partial charge on any atom is -0.477 e. The lowest BCUT2D eigenvalue weighted by atomic mass is 10.0. The smallest absolute Gasteiger partial charge is 0.341 e. The number of benzene rings is 1. The number of carbonyl (C=O) groups is 1. The van der Waals surface area contributed by atoms with Gasteiger partial charge in [-0.15, -0.1) is 0 Å². The van der Waals surface area contributed by atoms with Crippen molar-refractivity contribution in [2.24, 2.45) is 0 Å². The predicted octanol–water partition coefficient (Wildman–Crippen LogP) is 4.58. The summed E-state index contributed by atoms with van der Waals surface area (Å²) in [7, 11) is -2.00. The van der Waals surface area contributed by atoms with E-state index in [0.29, 0.717) is 0 Å². The molecule has 0 aliphatic carbocycles. The number of hydrogen-bond donors (Lipinski definition) is 2. The van der Waals surface area contributed by atoms with Crippen LogP contribution in [0.3, 0.4) is 0 Å². The molecule has 5 nitrogen and oxygen atoms in total. The van der Waals surface area contributed by atoms with Crippen molar-refractivity contribution in [3.63, 3.8) is 0 Å². The Labute approximate surface area is 157 Å². The fourth-order valence-electron chi connectivity index (χ4n) is 2.40. The molecule has 0 atom stereocenters. The maximum atomic E-state index is 14.6. The van der Waals surface area contributed by atoms with Crippen LogP contribution in [-0.4, -0.2) is 31.0 Å². The van der Waals surface area contributed by atoms with E-state index in [4.69, 9.17) is 21.1 Å². The topological polar surface area (TPSA) is 79.4 Å². The van der Waals surface area contributed by atoms with Crippen molar-refractivity contribution >= 4 is 36.8 Å². The van der Waals surface area contributed by atoms with E-state index < -0.39 is 31.1 Å². The lowest BCUT2D eigenvalue weighted by molar-refractivity contribution is 0.0695. The molecule has 0 unspecified atom stereocenters. The fourth-order valence-corrected chi connectivity index (χ4v) is 3.66. The molecule has 0 aliphatic rings. The van der Waals surface area contributed by atoms with E-state index in [2.05, 4.69) is 38.8 Å². The molecular weight excluding hydrogens is 377 g/mol. The van der Waals surface area contributed by atoms with Gasteiger partial charge in [-0.1, -0.05) is 32.4 Å². The molecule has 0 fully saturated rings. The van der Waals surface area contributed by atoms with Gasteiger partial charge in [0, 0.05) is 23.8 Å². The Morgan fingerprint density at radius 3 is 2.54 bits per heavy atom. The first kappa shape index (κ1) is 20.6. The lowest BCUT2D eigenvalue weighted by Gasteiger charge is -2.36. The van der Waals surface area contributed by atoms with Crippen molar-refractivity contribution in [3.8, 4) is 0 Å². The monoisotopic (exact) mass is 399 g/mol. The average molecular weight is 400 g/mol. The molecule has 1 heterocycles. The summed E-state index contributed by atoms with van der Waals surface area (Å²) >= 11 is 5.93. The van der Waals surface area contributed by atoms with Crippen LogP contribution < -0.4 is 5.43 Å². The second-order valence-corrected chi connectivity index (χ2v) is 13.0. The van der Waals surface area contributed by atoms with E-state index in [0.717, 1.165) is 12.3 Å². The Bertz CT molecular complexity index is 918. The minimum atomic E-state index is -2.00. The van der Waals surface area contributed by atoms with E-state index in [1.807, 2.05) is 0 Å². The van der Waals surface area contributed by atoms with Gasteiger partial charge in [0.2, 0.25) is 5.43 Å². The number of pyridine rings is 1. The Kier molecular flexibility index (Phi) is 5.65. The third kappa shape index (κ3) is 3.84. The van der Waals surface area contributed by atoms with E-state index in [-0.39, 0.29) is 39.6 Å². The summed E-state index contributed by atoms with van der Waals surface area (Å²) in [6, 6.07) is 1.16. The van der Waals surface area contributed by atoms with Gasteiger partial charge in [0.05, 0.1) is 10.5 Å². The highest BCUT2D eigenvalue weighted by atomic mass is 35.5. The van der Waals surface area contributed by atoms with Crippen LogP contribution in [-0.2, 0) is 10.8 Å². The first-order valence-electron chi connectivity index (χ1n) is 8.26. The van der Waals surface area contributed by atoms with Gasteiger partial charge in [-0.25, -0.2) is 9.18 Å². The van der Waals surface area contributed by atoms with Crippen LogP contribution in [0, 0.1) is 5.82 Å². The largest absolute Gasteiger partial charge is 0.477 e.